The third-order valence-corrected chi connectivity index (χ3v) is 6.81. The fraction of sp³-hybridized carbons (Fsp3) is 0.182. The molecule has 4 rings (SSSR count). The number of rotatable bonds is 8. The van der Waals surface area contributed by atoms with E-state index < -0.39 is 69.8 Å². The molecule has 0 saturated heterocycles. The van der Waals surface area contributed by atoms with Crippen LogP contribution in [0.25, 0.3) is 28.3 Å². The summed E-state index contributed by atoms with van der Waals surface area (Å²) in [5.74, 6) is -8.91. The van der Waals surface area contributed by atoms with E-state index in [1.54, 1.807) is 6.07 Å². The number of ether oxygens (including phenoxy) is 1. The van der Waals surface area contributed by atoms with Crippen molar-refractivity contribution in [3.8, 4) is 28.0 Å². The molecule has 11 heteroatoms. The first-order chi connectivity index (χ1) is 20.7. The molecule has 0 fully saturated rings. The van der Waals surface area contributed by atoms with E-state index in [0.29, 0.717) is 29.8 Å². The Kier molecular flexibility index (Phi) is 9.56. The largest absolute Gasteiger partial charge is 0.423 e. The number of halogens is 9. The first kappa shape index (κ1) is 32.4. The van der Waals surface area contributed by atoms with Crippen molar-refractivity contribution < 1.29 is 49.0 Å². The van der Waals surface area contributed by atoms with Crippen molar-refractivity contribution >= 4 is 12.0 Å². The Balaban J connectivity index is 1.57. The Morgan fingerprint density at radius 3 is 1.93 bits per heavy atom. The predicted molar refractivity (Wildman–Crippen MR) is 147 cm³/mol. The van der Waals surface area contributed by atoms with Crippen molar-refractivity contribution in [3.63, 3.8) is 0 Å². The van der Waals surface area contributed by atoms with Gasteiger partial charge in [0.05, 0.1) is 11.1 Å². The van der Waals surface area contributed by atoms with E-state index in [9.17, 15) is 35.5 Å². The van der Waals surface area contributed by atoms with Crippen LogP contribution in [-0.4, -0.2) is 12.1 Å². The van der Waals surface area contributed by atoms with Gasteiger partial charge < -0.3 is 4.74 Å². The van der Waals surface area contributed by atoms with Gasteiger partial charge in [-0.25, -0.2) is 31.1 Å². The summed E-state index contributed by atoms with van der Waals surface area (Å²) in [5.41, 5.74) is -2.94. The molecule has 0 aliphatic rings. The molecule has 1 unspecified atom stereocenters. The van der Waals surface area contributed by atoms with Gasteiger partial charge in [-0.05, 0) is 83.6 Å². The average Bonchev–Trinajstić information content (AvgIpc) is 2.91. The predicted octanol–water partition coefficient (Wildman–Crippen LogP) is 10.6. The summed E-state index contributed by atoms with van der Waals surface area (Å²) in [4.78, 5) is 12.5. The molecular weight excluding hydrogens is 599 g/mol. The van der Waals surface area contributed by atoms with Crippen LogP contribution in [0, 0.1) is 34.9 Å². The molecular formula is C33H23F9O2. The molecule has 1 atom stereocenters. The zero-order valence-electron chi connectivity index (χ0n) is 23.1. The molecule has 0 spiro atoms. The van der Waals surface area contributed by atoms with Crippen LogP contribution in [0.1, 0.15) is 54.1 Å². The number of hydrogen-bond donors (Lipinski definition) is 0. The van der Waals surface area contributed by atoms with Crippen LogP contribution < -0.4 is 4.74 Å². The Hall–Kier alpha value is -4.54. The molecule has 0 N–H and O–H groups in total. The first-order valence-electron chi connectivity index (χ1n) is 13.2. The van der Waals surface area contributed by atoms with E-state index in [2.05, 4.69) is 0 Å². The Morgan fingerprint density at radius 2 is 1.39 bits per heavy atom. The topological polar surface area (TPSA) is 26.3 Å². The van der Waals surface area contributed by atoms with Crippen molar-refractivity contribution in [1.29, 1.82) is 0 Å². The minimum atomic E-state index is -4.85. The second-order valence-corrected chi connectivity index (χ2v) is 10.0. The molecule has 4 aromatic rings. The van der Waals surface area contributed by atoms with Crippen molar-refractivity contribution in [2.75, 3.05) is 0 Å². The van der Waals surface area contributed by atoms with Crippen LogP contribution in [0.15, 0.2) is 66.7 Å². The van der Waals surface area contributed by atoms with E-state index in [-0.39, 0.29) is 34.4 Å². The van der Waals surface area contributed by atoms with E-state index in [0.717, 1.165) is 31.0 Å². The zero-order valence-corrected chi connectivity index (χ0v) is 23.1. The lowest BCUT2D eigenvalue weighted by Crippen LogP contribution is -2.11. The fourth-order valence-electron chi connectivity index (χ4n) is 4.63. The first-order valence-corrected chi connectivity index (χ1v) is 13.2. The molecule has 2 nitrogen and oxygen atoms in total. The van der Waals surface area contributed by atoms with Crippen LogP contribution >= 0.6 is 0 Å². The van der Waals surface area contributed by atoms with Crippen molar-refractivity contribution in [2.45, 2.75) is 38.8 Å². The Bertz CT molecular complexity index is 1700. The molecule has 44 heavy (non-hydrogen) atoms. The summed E-state index contributed by atoms with van der Waals surface area (Å²) in [5, 5.41) is 0. The van der Waals surface area contributed by atoms with E-state index in [1.165, 1.54) is 12.1 Å². The summed E-state index contributed by atoms with van der Waals surface area (Å²) in [6.45, 7) is 3.91. The normalized spacial score (nSPS) is 12.5. The summed E-state index contributed by atoms with van der Waals surface area (Å²) < 4.78 is 131. The Morgan fingerprint density at radius 1 is 0.773 bits per heavy atom. The molecule has 0 amide bonds. The molecule has 0 radical (unpaired) electrons. The summed E-state index contributed by atoms with van der Waals surface area (Å²) in [6, 6.07) is 9.32. The highest BCUT2D eigenvalue weighted by Crippen LogP contribution is 2.35. The number of carbonyl (C=O) groups excluding carboxylic acids is 1. The Labute approximate surface area is 246 Å². The highest BCUT2D eigenvalue weighted by molar-refractivity contribution is 5.91. The van der Waals surface area contributed by atoms with Crippen molar-refractivity contribution in [1.82, 2.24) is 0 Å². The molecule has 0 aromatic heterocycles. The monoisotopic (exact) mass is 622 g/mol. The molecule has 0 bridgehead atoms. The smallest absolute Gasteiger partial charge is 0.409 e. The highest BCUT2D eigenvalue weighted by atomic mass is 19.4. The van der Waals surface area contributed by atoms with Gasteiger partial charge in [0.1, 0.15) is 40.7 Å². The van der Waals surface area contributed by atoms with Gasteiger partial charge >= 0.3 is 12.1 Å². The number of carbonyl (C=O) groups is 1. The summed E-state index contributed by atoms with van der Waals surface area (Å²) >= 11 is 0. The minimum Gasteiger partial charge on any atom is -0.423 e. The summed E-state index contributed by atoms with van der Waals surface area (Å²) in [6.07, 6.45) is -3.38. The molecule has 4 aromatic carbocycles. The maximum absolute atomic E-state index is 15.0. The van der Waals surface area contributed by atoms with Gasteiger partial charge in [-0.1, -0.05) is 26.3 Å². The SMILES string of the molecule is CCCC(C)c1ccc(C(=O)Oc2ccc(-c3cc(F)c(-c4cc(F)c(/C=C/C(F)(F)F)c(F)c4)c(F)c3)c(F)c2)c(F)c1. The number of benzene rings is 4. The molecule has 0 aliphatic heterocycles. The van der Waals surface area contributed by atoms with E-state index in [1.807, 2.05) is 13.8 Å². The van der Waals surface area contributed by atoms with Crippen LogP contribution in [-0.2, 0) is 0 Å². The number of esters is 1. The fourth-order valence-corrected chi connectivity index (χ4v) is 4.63. The second kappa shape index (κ2) is 13.0. The lowest BCUT2D eigenvalue weighted by Gasteiger charge is -2.13. The lowest BCUT2D eigenvalue weighted by molar-refractivity contribution is -0.0790. The van der Waals surface area contributed by atoms with Crippen LogP contribution in [0.5, 0.6) is 5.75 Å². The number of allylic oxidation sites excluding steroid dienone is 1. The van der Waals surface area contributed by atoms with Gasteiger partial charge in [0.15, 0.2) is 0 Å². The lowest BCUT2D eigenvalue weighted by atomic mass is 9.95. The zero-order chi connectivity index (χ0) is 32.3. The van der Waals surface area contributed by atoms with Gasteiger partial charge in [-0.15, -0.1) is 0 Å². The third kappa shape index (κ3) is 7.32. The number of alkyl halides is 3. The quantitative estimate of drug-likeness (QED) is 0.111. The maximum atomic E-state index is 15.0. The van der Waals surface area contributed by atoms with Gasteiger partial charge in [0, 0.05) is 23.3 Å². The molecule has 0 saturated carbocycles. The van der Waals surface area contributed by atoms with E-state index in [4.69, 9.17) is 4.74 Å². The second-order valence-electron chi connectivity index (χ2n) is 10.0. The van der Waals surface area contributed by atoms with Crippen molar-refractivity contribution in [2.24, 2.45) is 0 Å². The van der Waals surface area contributed by atoms with E-state index >= 15 is 8.78 Å². The number of hydrogen-bond acceptors (Lipinski definition) is 2. The van der Waals surface area contributed by atoms with Crippen LogP contribution in [0.4, 0.5) is 39.5 Å². The molecule has 230 valence electrons. The maximum Gasteiger partial charge on any atom is 0.409 e. The van der Waals surface area contributed by atoms with Crippen LogP contribution in [0.3, 0.4) is 0 Å². The van der Waals surface area contributed by atoms with Gasteiger partial charge in [0.25, 0.3) is 0 Å². The summed E-state index contributed by atoms with van der Waals surface area (Å²) in [7, 11) is 0. The van der Waals surface area contributed by atoms with Crippen molar-refractivity contribution in [3.05, 3.63) is 118 Å². The van der Waals surface area contributed by atoms with Crippen LogP contribution in [0.2, 0.25) is 0 Å². The average molecular weight is 623 g/mol. The van der Waals surface area contributed by atoms with Gasteiger partial charge in [0.2, 0.25) is 0 Å². The molecule has 0 heterocycles. The standard InChI is InChI=1S/C33H23F9O2/c1-3-4-17(2)18-5-7-24(27(36)11-18)32(43)44-21-6-8-22(28(37)16-21)19-12-29(38)31(30(39)13-19)20-14-25(34)23(26(35)15-20)9-10-33(40,41)42/h5-17H,3-4H2,1-2H3/b10-9+. The third-order valence-electron chi connectivity index (χ3n) is 6.81. The molecule has 0 aliphatic carbocycles. The van der Waals surface area contributed by atoms with Gasteiger partial charge in [-0.3, -0.25) is 0 Å². The minimum absolute atomic E-state index is 0.0712. The van der Waals surface area contributed by atoms with Gasteiger partial charge in [-0.2, -0.15) is 13.2 Å². The highest BCUT2D eigenvalue weighted by Gasteiger charge is 2.24.